The molecule has 0 fully saturated rings. The molecule has 1 amide bonds. The van der Waals surface area contributed by atoms with E-state index in [4.69, 9.17) is 9.47 Å². The van der Waals surface area contributed by atoms with Crippen LogP contribution < -0.4 is 15.4 Å². The smallest absolute Gasteiger partial charge is 0.338 e. The highest BCUT2D eigenvalue weighted by Gasteiger charge is 2.07. The van der Waals surface area contributed by atoms with Gasteiger partial charge >= 0.3 is 5.97 Å². The van der Waals surface area contributed by atoms with Gasteiger partial charge in [0.2, 0.25) is 5.91 Å². The van der Waals surface area contributed by atoms with Crippen molar-refractivity contribution < 1.29 is 19.1 Å². The van der Waals surface area contributed by atoms with Crippen molar-refractivity contribution in [2.75, 3.05) is 30.4 Å². The zero-order chi connectivity index (χ0) is 20.2. The third-order valence-electron chi connectivity index (χ3n) is 3.92. The van der Waals surface area contributed by atoms with E-state index in [1.54, 1.807) is 24.3 Å². The lowest BCUT2D eigenvalue weighted by Crippen LogP contribution is -2.21. The van der Waals surface area contributed by atoms with E-state index >= 15 is 0 Å². The normalized spacial score (nSPS) is 10.2. The van der Waals surface area contributed by atoms with Gasteiger partial charge in [-0.2, -0.15) is 0 Å². The first-order valence-corrected chi connectivity index (χ1v) is 9.66. The number of rotatable bonds is 11. The predicted molar refractivity (Wildman–Crippen MR) is 111 cm³/mol. The van der Waals surface area contributed by atoms with Crippen LogP contribution in [0.25, 0.3) is 0 Å². The van der Waals surface area contributed by atoms with Gasteiger partial charge in [-0.05, 0) is 61.4 Å². The van der Waals surface area contributed by atoms with Gasteiger partial charge in [0.25, 0.3) is 0 Å². The molecule has 0 aliphatic rings. The van der Waals surface area contributed by atoms with Gasteiger partial charge in [0, 0.05) is 11.4 Å². The molecule has 2 aromatic rings. The van der Waals surface area contributed by atoms with Gasteiger partial charge in [-0.25, -0.2) is 4.79 Å². The van der Waals surface area contributed by atoms with Gasteiger partial charge in [-0.1, -0.05) is 20.3 Å². The third kappa shape index (κ3) is 7.31. The van der Waals surface area contributed by atoms with Crippen molar-refractivity contribution in [3.8, 4) is 5.75 Å². The molecule has 2 N–H and O–H groups in total. The van der Waals surface area contributed by atoms with Crippen LogP contribution in [0.5, 0.6) is 5.75 Å². The monoisotopic (exact) mass is 384 g/mol. The Balaban J connectivity index is 1.76. The van der Waals surface area contributed by atoms with Crippen molar-refractivity contribution in [1.82, 2.24) is 0 Å². The highest BCUT2D eigenvalue weighted by atomic mass is 16.5. The average Bonchev–Trinajstić information content (AvgIpc) is 2.72. The second-order valence-corrected chi connectivity index (χ2v) is 6.34. The van der Waals surface area contributed by atoms with Gasteiger partial charge in [-0.3, -0.25) is 4.79 Å². The third-order valence-corrected chi connectivity index (χ3v) is 3.92. The zero-order valence-electron chi connectivity index (χ0n) is 16.5. The molecular formula is C22H28N2O4. The number of benzene rings is 2. The van der Waals surface area contributed by atoms with E-state index in [2.05, 4.69) is 17.6 Å². The van der Waals surface area contributed by atoms with E-state index in [9.17, 15) is 9.59 Å². The number of unbranched alkanes of at least 4 members (excludes halogenated alkanes) is 1. The summed E-state index contributed by atoms with van der Waals surface area (Å²) in [7, 11) is 0. The molecule has 6 heteroatoms. The maximum atomic E-state index is 12.1. The highest BCUT2D eigenvalue weighted by Crippen LogP contribution is 2.16. The fourth-order valence-corrected chi connectivity index (χ4v) is 2.36. The second-order valence-electron chi connectivity index (χ2n) is 6.34. The Morgan fingerprint density at radius 2 is 1.54 bits per heavy atom. The predicted octanol–water partition coefficient (Wildman–Crippen LogP) is 4.48. The molecule has 0 saturated carbocycles. The zero-order valence-corrected chi connectivity index (χ0v) is 16.5. The van der Waals surface area contributed by atoms with Crippen molar-refractivity contribution in [2.45, 2.75) is 33.1 Å². The Morgan fingerprint density at radius 1 is 0.857 bits per heavy atom. The Kier molecular flexibility index (Phi) is 8.85. The van der Waals surface area contributed by atoms with Crippen molar-refractivity contribution in [3.63, 3.8) is 0 Å². The number of nitrogens with one attached hydrogen (secondary N) is 2. The minimum absolute atomic E-state index is 0.119. The average molecular weight is 384 g/mol. The molecule has 6 nitrogen and oxygen atoms in total. The lowest BCUT2D eigenvalue weighted by Gasteiger charge is -2.10. The van der Waals surface area contributed by atoms with Crippen molar-refractivity contribution in [1.29, 1.82) is 0 Å². The number of esters is 1. The second kappa shape index (κ2) is 11.6. The summed E-state index contributed by atoms with van der Waals surface area (Å²) in [6, 6.07) is 14.2. The van der Waals surface area contributed by atoms with E-state index in [-0.39, 0.29) is 18.4 Å². The lowest BCUT2D eigenvalue weighted by molar-refractivity contribution is -0.114. The number of hydrogen-bond acceptors (Lipinski definition) is 5. The molecule has 0 heterocycles. The Labute approximate surface area is 166 Å². The minimum atomic E-state index is -0.340. The van der Waals surface area contributed by atoms with Gasteiger partial charge < -0.3 is 20.1 Å². The molecule has 0 bridgehead atoms. The number of hydrogen-bond donors (Lipinski definition) is 2. The van der Waals surface area contributed by atoms with Crippen LogP contribution in [-0.4, -0.2) is 31.6 Å². The molecule has 2 rings (SSSR count). The first-order valence-electron chi connectivity index (χ1n) is 9.66. The number of amides is 1. The summed E-state index contributed by atoms with van der Waals surface area (Å²) in [6.45, 7) is 5.29. The number of carbonyl (C=O) groups excluding carboxylic acids is 2. The molecule has 28 heavy (non-hydrogen) atoms. The van der Waals surface area contributed by atoms with Crippen LogP contribution in [0.15, 0.2) is 48.5 Å². The summed E-state index contributed by atoms with van der Waals surface area (Å²) in [5.74, 6) is 0.293. The van der Waals surface area contributed by atoms with E-state index in [0.29, 0.717) is 24.5 Å². The summed E-state index contributed by atoms with van der Waals surface area (Å²) >= 11 is 0. The van der Waals surface area contributed by atoms with Gasteiger partial charge in [0.1, 0.15) is 5.75 Å². The number of ether oxygens (including phenoxy) is 2. The molecule has 0 spiro atoms. The van der Waals surface area contributed by atoms with Gasteiger partial charge in [0.05, 0.1) is 25.3 Å². The molecule has 0 aliphatic heterocycles. The molecule has 0 unspecified atom stereocenters. The highest BCUT2D eigenvalue weighted by molar-refractivity contribution is 5.94. The topological polar surface area (TPSA) is 76.7 Å². The molecule has 0 saturated heterocycles. The Hall–Kier alpha value is -3.02. The van der Waals surface area contributed by atoms with Crippen molar-refractivity contribution in [3.05, 3.63) is 54.1 Å². The molecule has 0 radical (unpaired) electrons. The summed E-state index contributed by atoms with van der Waals surface area (Å²) in [5.41, 5.74) is 1.95. The largest absolute Gasteiger partial charge is 0.494 e. The van der Waals surface area contributed by atoms with Crippen LogP contribution >= 0.6 is 0 Å². The molecular weight excluding hydrogens is 356 g/mol. The maximum absolute atomic E-state index is 12.1. The fraction of sp³-hybridized carbons (Fsp3) is 0.364. The summed E-state index contributed by atoms with van der Waals surface area (Å²) < 4.78 is 10.7. The van der Waals surface area contributed by atoms with Crippen LogP contribution in [0.3, 0.4) is 0 Å². The van der Waals surface area contributed by atoms with Crippen molar-refractivity contribution in [2.24, 2.45) is 0 Å². The molecule has 2 aromatic carbocycles. The van der Waals surface area contributed by atoms with Gasteiger partial charge in [0.15, 0.2) is 0 Å². The maximum Gasteiger partial charge on any atom is 0.338 e. The molecule has 0 aliphatic carbocycles. The van der Waals surface area contributed by atoms with E-state index in [1.807, 2.05) is 31.2 Å². The quantitative estimate of drug-likeness (QED) is 0.441. The van der Waals surface area contributed by atoms with E-state index in [0.717, 1.165) is 30.7 Å². The molecule has 0 aromatic heterocycles. The summed E-state index contributed by atoms with van der Waals surface area (Å²) in [6.07, 6.45) is 2.90. The summed E-state index contributed by atoms with van der Waals surface area (Å²) in [5, 5.41) is 5.86. The van der Waals surface area contributed by atoms with Crippen LogP contribution in [-0.2, 0) is 9.53 Å². The lowest BCUT2D eigenvalue weighted by atomic mass is 10.2. The van der Waals surface area contributed by atoms with Crippen LogP contribution in [0.1, 0.15) is 43.5 Å². The standard InChI is InChI=1S/C22H28N2O4/c1-3-5-15-27-20-12-10-19(11-13-20)24-21(25)16-23-18-8-6-17(7-9-18)22(26)28-14-4-2/h6-13,23H,3-5,14-16H2,1-2H3,(H,24,25). The molecule has 0 atom stereocenters. The minimum Gasteiger partial charge on any atom is -0.494 e. The number of carbonyl (C=O) groups is 2. The SMILES string of the molecule is CCCCOc1ccc(NC(=O)CNc2ccc(C(=O)OCCC)cc2)cc1. The summed E-state index contributed by atoms with van der Waals surface area (Å²) in [4.78, 5) is 23.9. The van der Waals surface area contributed by atoms with Gasteiger partial charge in [-0.15, -0.1) is 0 Å². The first-order chi connectivity index (χ1) is 13.6. The number of anilines is 2. The first kappa shape index (κ1) is 21.3. The Morgan fingerprint density at radius 3 is 2.18 bits per heavy atom. The van der Waals surface area contributed by atoms with Crippen molar-refractivity contribution >= 4 is 23.3 Å². The van der Waals surface area contributed by atoms with E-state index in [1.165, 1.54) is 0 Å². The fourth-order valence-electron chi connectivity index (χ4n) is 2.36. The van der Waals surface area contributed by atoms with Crippen LogP contribution in [0.4, 0.5) is 11.4 Å². The van der Waals surface area contributed by atoms with E-state index < -0.39 is 0 Å². The molecule has 150 valence electrons. The van der Waals surface area contributed by atoms with Crippen LogP contribution in [0.2, 0.25) is 0 Å². The van der Waals surface area contributed by atoms with Crippen LogP contribution in [0, 0.1) is 0 Å². The Bertz CT molecular complexity index is 742.